The molecule has 2 N–H and O–H groups in total. The molecule has 38 heavy (non-hydrogen) atoms. The van der Waals surface area contributed by atoms with E-state index < -0.39 is 33.7 Å². The van der Waals surface area contributed by atoms with Crippen LogP contribution < -0.4 is 10.6 Å². The van der Waals surface area contributed by atoms with Gasteiger partial charge in [0.25, 0.3) is 0 Å². The summed E-state index contributed by atoms with van der Waals surface area (Å²) < 4.78 is 9.72. The molecule has 0 aromatic carbocycles. The third kappa shape index (κ3) is 7.53. The first-order chi connectivity index (χ1) is 18.1. The van der Waals surface area contributed by atoms with Crippen molar-refractivity contribution >= 4 is 60.2 Å². The van der Waals surface area contributed by atoms with Gasteiger partial charge in [-0.05, 0) is 36.4 Å². The monoisotopic (exact) mass is 528 g/mol. The summed E-state index contributed by atoms with van der Waals surface area (Å²) >= 11 is 0. The summed E-state index contributed by atoms with van der Waals surface area (Å²) in [6.07, 6.45) is 8.27. The molecule has 0 atom stereocenters. The van der Waals surface area contributed by atoms with Gasteiger partial charge in [-0.25, -0.2) is 19.6 Å². The van der Waals surface area contributed by atoms with Crippen molar-refractivity contribution < 1.29 is 37.9 Å². The van der Waals surface area contributed by atoms with Crippen molar-refractivity contribution in [1.82, 2.24) is 20.7 Å². The highest BCUT2D eigenvalue weighted by Gasteiger charge is 2.26. The van der Waals surface area contributed by atoms with E-state index in [1.807, 2.05) is 0 Å². The zero-order chi connectivity index (χ0) is 27.7. The van der Waals surface area contributed by atoms with Crippen molar-refractivity contribution in [3.05, 3.63) is 68.2 Å². The van der Waals surface area contributed by atoms with Crippen molar-refractivity contribution in [3.63, 3.8) is 0 Å². The van der Waals surface area contributed by atoms with Crippen molar-refractivity contribution in [2.45, 2.75) is 0 Å². The number of amides is 6. The topological polar surface area (TPSA) is 236 Å². The smallest absolute Gasteiger partial charge is 0.401 e. The lowest BCUT2D eigenvalue weighted by Gasteiger charge is -2.02. The number of nitrogens with one attached hydrogen (secondary N) is 2. The minimum Gasteiger partial charge on any atom is -0.401 e. The Labute approximate surface area is 210 Å². The summed E-state index contributed by atoms with van der Waals surface area (Å²) in [4.78, 5) is 63.3. The Balaban J connectivity index is 0.000000211. The highest BCUT2D eigenvalue weighted by molar-refractivity contribution is 6.02. The van der Waals surface area contributed by atoms with Crippen LogP contribution in [0.1, 0.15) is 11.5 Å². The minimum atomic E-state index is -0.647. The number of furan rings is 2. The zero-order valence-electron chi connectivity index (χ0n) is 19.0. The maximum absolute atomic E-state index is 11.1. The number of hydrogen-bond donors (Lipinski definition) is 2. The van der Waals surface area contributed by atoms with Gasteiger partial charge in [-0.15, -0.1) is 0 Å². The van der Waals surface area contributed by atoms with Gasteiger partial charge in [-0.1, -0.05) is 0 Å². The number of hydrazone groups is 2. The van der Waals surface area contributed by atoms with E-state index in [9.17, 15) is 39.4 Å². The molecule has 0 aliphatic carbocycles. The fourth-order valence-electron chi connectivity index (χ4n) is 2.62. The maximum atomic E-state index is 11.1. The number of hydrogen-bond acceptors (Lipinski definition) is 12. The predicted octanol–water partition coefficient (Wildman–Crippen LogP) is 1.48. The van der Waals surface area contributed by atoms with E-state index in [1.165, 1.54) is 61.0 Å². The molecule has 0 bridgehead atoms. The highest BCUT2D eigenvalue weighted by atomic mass is 16.7. The summed E-state index contributed by atoms with van der Waals surface area (Å²) in [5, 5.41) is 34.2. The van der Waals surface area contributed by atoms with Gasteiger partial charge in [0, 0.05) is 12.4 Å². The maximum Gasteiger partial charge on any atom is 0.433 e. The zero-order valence-corrected chi connectivity index (χ0v) is 19.0. The first kappa shape index (κ1) is 26.7. The molecule has 2 aliphatic heterocycles. The Kier molecular flexibility index (Phi) is 8.53. The van der Waals surface area contributed by atoms with Gasteiger partial charge in [-0.3, -0.25) is 40.5 Å². The van der Waals surface area contributed by atoms with Crippen LogP contribution in [-0.2, 0) is 9.59 Å². The average Bonchev–Trinajstić information content (AvgIpc) is 3.63. The van der Waals surface area contributed by atoms with Gasteiger partial charge in [0.15, 0.2) is 0 Å². The van der Waals surface area contributed by atoms with Crippen LogP contribution in [0.2, 0.25) is 0 Å². The highest BCUT2D eigenvalue weighted by Crippen LogP contribution is 2.17. The van der Waals surface area contributed by atoms with E-state index in [0.29, 0.717) is 0 Å². The van der Waals surface area contributed by atoms with Gasteiger partial charge in [0.1, 0.15) is 34.5 Å². The molecular formula is C20H16N8O10. The van der Waals surface area contributed by atoms with Gasteiger partial charge in [0.05, 0.1) is 12.1 Å². The quantitative estimate of drug-likeness (QED) is 0.216. The molecule has 0 saturated carbocycles. The van der Waals surface area contributed by atoms with Gasteiger partial charge >= 0.3 is 23.8 Å². The van der Waals surface area contributed by atoms with Crippen molar-refractivity contribution in [2.24, 2.45) is 10.2 Å². The van der Waals surface area contributed by atoms with Crippen molar-refractivity contribution in [3.8, 4) is 0 Å². The van der Waals surface area contributed by atoms with Crippen LogP contribution in [0.15, 0.2) is 55.5 Å². The molecule has 2 aliphatic rings. The van der Waals surface area contributed by atoms with E-state index in [-0.39, 0.29) is 36.4 Å². The third-order valence-electron chi connectivity index (χ3n) is 4.24. The molecule has 18 heteroatoms. The van der Waals surface area contributed by atoms with Gasteiger partial charge < -0.3 is 8.83 Å². The summed E-state index contributed by atoms with van der Waals surface area (Å²) in [5.41, 5.74) is 0. The van der Waals surface area contributed by atoms with Crippen LogP contribution in [0.3, 0.4) is 0 Å². The van der Waals surface area contributed by atoms with Gasteiger partial charge in [-0.2, -0.15) is 10.2 Å². The second-order valence-corrected chi connectivity index (χ2v) is 6.94. The summed E-state index contributed by atoms with van der Waals surface area (Å²) in [5.74, 6) is -1.01. The summed E-state index contributed by atoms with van der Waals surface area (Å²) in [7, 11) is 0. The lowest BCUT2D eigenvalue weighted by atomic mass is 10.4. The average molecular weight is 528 g/mol. The van der Waals surface area contributed by atoms with E-state index in [4.69, 9.17) is 8.83 Å². The fourth-order valence-corrected chi connectivity index (χ4v) is 2.62. The molecule has 0 unspecified atom stereocenters. The van der Waals surface area contributed by atoms with Gasteiger partial charge in [0.2, 0.25) is 11.8 Å². The van der Waals surface area contributed by atoms with Crippen LogP contribution >= 0.6 is 0 Å². The van der Waals surface area contributed by atoms with Crippen LogP contribution in [-0.4, -0.2) is 69.3 Å². The Morgan fingerprint density at radius 2 is 1.13 bits per heavy atom. The van der Waals surface area contributed by atoms with Crippen LogP contribution in [0.25, 0.3) is 12.2 Å². The molecule has 18 nitrogen and oxygen atoms in total. The second kappa shape index (κ2) is 12.2. The van der Waals surface area contributed by atoms with Crippen molar-refractivity contribution in [2.75, 3.05) is 13.1 Å². The van der Waals surface area contributed by atoms with Crippen molar-refractivity contribution in [1.29, 1.82) is 0 Å². The molecule has 2 saturated heterocycles. The van der Waals surface area contributed by atoms with Crippen LogP contribution in [0, 0.1) is 20.2 Å². The molecule has 6 amide bonds. The number of urea groups is 2. The fraction of sp³-hybridized carbons (Fsp3) is 0.100. The normalized spacial score (nSPS) is 15.7. The second-order valence-electron chi connectivity index (χ2n) is 6.94. The summed E-state index contributed by atoms with van der Waals surface area (Å²) in [6.45, 7) is -0.259. The molecule has 2 aromatic rings. The standard InChI is InChI=1S/2C10H8N4O5/c2*15-8-6-13(10(16)12-8)11-5-1-2-7-3-4-9(19-7)14(17)18/h2*1-5H,6H2,(H,12,15,16)/b2*2-1+,11-5+. The van der Waals surface area contributed by atoms with E-state index >= 15 is 0 Å². The molecule has 2 fully saturated rings. The predicted molar refractivity (Wildman–Crippen MR) is 126 cm³/mol. The number of rotatable bonds is 8. The number of imide groups is 2. The number of nitro groups is 2. The van der Waals surface area contributed by atoms with E-state index in [2.05, 4.69) is 20.8 Å². The molecule has 0 radical (unpaired) electrons. The van der Waals surface area contributed by atoms with E-state index in [1.54, 1.807) is 0 Å². The molecule has 2 aromatic heterocycles. The molecule has 4 rings (SSSR count). The molecule has 4 heterocycles. The molecular weight excluding hydrogens is 512 g/mol. The Hall–Kier alpha value is -5.94. The Morgan fingerprint density at radius 1 is 0.737 bits per heavy atom. The minimum absolute atomic E-state index is 0.130. The first-order valence-corrected chi connectivity index (χ1v) is 10.2. The number of allylic oxidation sites excluding steroid dienone is 2. The first-order valence-electron chi connectivity index (χ1n) is 10.2. The Bertz CT molecular complexity index is 1280. The number of nitrogens with zero attached hydrogens (tertiary/aromatic N) is 6. The molecule has 196 valence electrons. The number of carbonyl (C=O) groups excluding carboxylic acids is 4. The van der Waals surface area contributed by atoms with Crippen LogP contribution in [0.4, 0.5) is 21.4 Å². The van der Waals surface area contributed by atoms with E-state index in [0.717, 1.165) is 10.0 Å². The summed E-state index contributed by atoms with van der Waals surface area (Å²) in [6, 6.07) is 4.11. The SMILES string of the molecule is O=C1CN(/N=C/C=C/c2ccc([N+](=O)[O-])o2)C(=O)N1.O=C1CN(/N=C/C=C/c2ccc([N+](=O)[O-])o2)C(=O)N1. The Morgan fingerprint density at radius 3 is 1.42 bits per heavy atom. The number of carbonyl (C=O) groups is 4. The van der Waals surface area contributed by atoms with Crippen LogP contribution in [0.5, 0.6) is 0 Å². The largest absolute Gasteiger partial charge is 0.433 e. The molecule has 0 spiro atoms. The lowest BCUT2D eigenvalue weighted by Crippen LogP contribution is -2.23. The third-order valence-corrected chi connectivity index (χ3v) is 4.24. The lowest BCUT2D eigenvalue weighted by molar-refractivity contribution is -0.402.